The fraction of sp³-hybridized carbons (Fsp3) is 0.368. The van der Waals surface area contributed by atoms with Crippen LogP contribution in [0.1, 0.15) is 49.4 Å². The van der Waals surface area contributed by atoms with Crippen LogP contribution in [0.2, 0.25) is 5.02 Å². The molecule has 2 aromatic rings. The Hall–Kier alpha value is -1.47. The maximum absolute atomic E-state index is 6.37. The van der Waals surface area contributed by atoms with Crippen molar-refractivity contribution in [3.05, 3.63) is 64.2 Å². The fourth-order valence-electron chi connectivity index (χ4n) is 3.35. The standard InChI is InChI=1S/C19H22ClN/c1-13-7-6-10-16(20)18(13)21-17-11-12-19(2,3)15-9-5-4-8-14(15)17/h4-10,17,21H,11-12H2,1-3H3. The number of para-hydroxylation sites is 1. The first-order chi connectivity index (χ1) is 9.99. The largest absolute Gasteiger partial charge is 0.377 e. The van der Waals surface area contributed by atoms with Crippen LogP contribution in [0.4, 0.5) is 5.69 Å². The summed E-state index contributed by atoms with van der Waals surface area (Å²) in [5.74, 6) is 0. The molecule has 1 atom stereocenters. The van der Waals surface area contributed by atoms with Crippen LogP contribution in [0.15, 0.2) is 42.5 Å². The van der Waals surface area contributed by atoms with Gasteiger partial charge < -0.3 is 5.32 Å². The Morgan fingerprint density at radius 1 is 1.10 bits per heavy atom. The van der Waals surface area contributed by atoms with E-state index in [1.54, 1.807) is 0 Å². The molecule has 110 valence electrons. The molecule has 0 heterocycles. The minimum atomic E-state index is 0.254. The lowest BCUT2D eigenvalue weighted by molar-refractivity contribution is 0.406. The number of hydrogen-bond acceptors (Lipinski definition) is 1. The van der Waals surface area contributed by atoms with Gasteiger partial charge in [0, 0.05) is 0 Å². The number of anilines is 1. The van der Waals surface area contributed by atoms with Crippen LogP contribution >= 0.6 is 11.6 Å². The molecule has 1 unspecified atom stereocenters. The van der Waals surface area contributed by atoms with Gasteiger partial charge in [-0.25, -0.2) is 0 Å². The van der Waals surface area contributed by atoms with Crippen LogP contribution in [0.25, 0.3) is 0 Å². The first kappa shape index (κ1) is 14.5. The molecule has 0 spiro atoms. The summed E-state index contributed by atoms with van der Waals surface area (Å²) in [6.07, 6.45) is 2.32. The lowest BCUT2D eigenvalue weighted by atomic mass is 9.71. The Bertz CT molecular complexity index is 640. The van der Waals surface area contributed by atoms with Crippen LogP contribution in [-0.2, 0) is 5.41 Å². The van der Waals surface area contributed by atoms with E-state index in [9.17, 15) is 0 Å². The van der Waals surface area contributed by atoms with Crippen molar-refractivity contribution >= 4 is 17.3 Å². The topological polar surface area (TPSA) is 12.0 Å². The van der Waals surface area contributed by atoms with Gasteiger partial charge in [0.1, 0.15) is 0 Å². The zero-order valence-electron chi connectivity index (χ0n) is 12.9. The highest BCUT2D eigenvalue weighted by Crippen LogP contribution is 2.43. The quantitative estimate of drug-likeness (QED) is 0.731. The summed E-state index contributed by atoms with van der Waals surface area (Å²) in [5.41, 5.74) is 5.39. The number of halogens is 1. The van der Waals surface area contributed by atoms with Gasteiger partial charge in [0.2, 0.25) is 0 Å². The first-order valence-electron chi connectivity index (χ1n) is 7.60. The Labute approximate surface area is 132 Å². The molecule has 0 saturated heterocycles. The first-order valence-corrected chi connectivity index (χ1v) is 7.98. The van der Waals surface area contributed by atoms with E-state index in [0.29, 0.717) is 6.04 Å². The molecule has 3 rings (SSSR count). The van der Waals surface area contributed by atoms with Gasteiger partial charge in [-0.1, -0.05) is 61.8 Å². The molecular formula is C19H22ClN. The van der Waals surface area contributed by atoms with Crippen LogP contribution < -0.4 is 5.32 Å². The monoisotopic (exact) mass is 299 g/mol. The summed E-state index contributed by atoms with van der Waals surface area (Å²) in [5, 5.41) is 4.48. The highest BCUT2D eigenvalue weighted by Gasteiger charge is 2.32. The van der Waals surface area contributed by atoms with Crippen LogP contribution in [-0.4, -0.2) is 0 Å². The number of rotatable bonds is 2. The van der Waals surface area contributed by atoms with Crippen molar-refractivity contribution in [3.63, 3.8) is 0 Å². The summed E-state index contributed by atoms with van der Waals surface area (Å²) in [4.78, 5) is 0. The maximum atomic E-state index is 6.37. The molecule has 0 aromatic heterocycles. The molecule has 0 amide bonds. The van der Waals surface area contributed by atoms with Crippen molar-refractivity contribution in [2.45, 2.75) is 45.1 Å². The Kier molecular flexibility index (Phi) is 3.71. The molecule has 0 aliphatic heterocycles. The molecular weight excluding hydrogens is 278 g/mol. The smallest absolute Gasteiger partial charge is 0.0640 e. The minimum absolute atomic E-state index is 0.254. The number of hydrogen-bond donors (Lipinski definition) is 1. The van der Waals surface area contributed by atoms with Crippen LogP contribution in [0, 0.1) is 6.92 Å². The second kappa shape index (κ2) is 5.38. The summed E-state index contributed by atoms with van der Waals surface area (Å²) in [6, 6.07) is 15.2. The van der Waals surface area contributed by atoms with E-state index in [0.717, 1.165) is 17.1 Å². The minimum Gasteiger partial charge on any atom is -0.377 e. The molecule has 1 nitrogen and oxygen atoms in total. The van der Waals surface area contributed by atoms with Crippen LogP contribution in [0.3, 0.4) is 0 Å². The van der Waals surface area contributed by atoms with Crippen LogP contribution in [0.5, 0.6) is 0 Å². The number of fused-ring (bicyclic) bond motifs is 1. The average Bonchev–Trinajstić information content (AvgIpc) is 2.45. The predicted molar refractivity (Wildman–Crippen MR) is 91.3 cm³/mol. The number of nitrogens with one attached hydrogen (secondary N) is 1. The predicted octanol–water partition coefficient (Wildman–Crippen LogP) is 5.87. The van der Waals surface area contributed by atoms with Gasteiger partial charge in [-0.2, -0.15) is 0 Å². The average molecular weight is 300 g/mol. The van der Waals surface area contributed by atoms with E-state index in [4.69, 9.17) is 11.6 Å². The highest BCUT2D eigenvalue weighted by atomic mass is 35.5. The van der Waals surface area contributed by atoms with E-state index in [1.165, 1.54) is 23.1 Å². The second-order valence-electron chi connectivity index (χ2n) is 6.64. The molecule has 1 aliphatic rings. The van der Waals surface area contributed by atoms with E-state index < -0.39 is 0 Å². The van der Waals surface area contributed by atoms with E-state index in [1.807, 2.05) is 12.1 Å². The summed E-state index contributed by atoms with van der Waals surface area (Å²) < 4.78 is 0. The van der Waals surface area contributed by atoms with Crippen molar-refractivity contribution < 1.29 is 0 Å². The van der Waals surface area contributed by atoms with Gasteiger partial charge in [0.15, 0.2) is 0 Å². The third-order valence-corrected chi connectivity index (χ3v) is 4.98. The van der Waals surface area contributed by atoms with Crippen molar-refractivity contribution in [2.24, 2.45) is 0 Å². The van der Waals surface area contributed by atoms with Crippen molar-refractivity contribution in [1.29, 1.82) is 0 Å². The summed E-state index contributed by atoms with van der Waals surface area (Å²) >= 11 is 6.37. The van der Waals surface area contributed by atoms with Gasteiger partial charge in [-0.05, 0) is 47.9 Å². The zero-order valence-corrected chi connectivity index (χ0v) is 13.7. The molecule has 0 fully saturated rings. The molecule has 2 heteroatoms. The Balaban J connectivity index is 1.98. The zero-order chi connectivity index (χ0) is 15.0. The molecule has 2 aromatic carbocycles. The summed E-state index contributed by atoms with van der Waals surface area (Å²) in [7, 11) is 0. The number of benzene rings is 2. The second-order valence-corrected chi connectivity index (χ2v) is 7.05. The molecule has 1 N–H and O–H groups in total. The maximum Gasteiger partial charge on any atom is 0.0640 e. The molecule has 0 bridgehead atoms. The van der Waals surface area contributed by atoms with Gasteiger partial charge in [0.05, 0.1) is 16.8 Å². The van der Waals surface area contributed by atoms with Crippen molar-refractivity contribution in [1.82, 2.24) is 0 Å². The van der Waals surface area contributed by atoms with Crippen molar-refractivity contribution in [3.8, 4) is 0 Å². The fourth-order valence-corrected chi connectivity index (χ4v) is 3.63. The van der Waals surface area contributed by atoms with E-state index >= 15 is 0 Å². The SMILES string of the molecule is Cc1cccc(Cl)c1NC1CCC(C)(C)c2ccccc21. The van der Waals surface area contributed by atoms with Crippen molar-refractivity contribution in [2.75, 3.05) is 5.32 Å². The third kappa shape index (κ3) is 2.67. The summed E-state index contributed by atoms with van der Waals surface area (Å²) in [6.45, 7) is 6.78. The van der Waals surface area contributed by atoms with E-state index in [2.05, 4.69) is 56.4 Å². The highest BCUT2D eigenvalue weighted by molar-refractivity contribution is 6.33. The van der Waals surface area contributed by atoms with Gasteiger partial charge >= 0.3 is 0 Å². The van der Waals surface area contributed by atoms with Gasteiger partial charge in [0.25, 0.3) is 0 Å². The Morgan fingerprint density at radius 2 is 1.86 bits per heavy atom. The van der Waals surface area contributed by atoms with Gasteiger partial charge in [-0.15, -0.1) is 0 Å². The normalized spacial score (nSPS) is 19.9. The third-order valence-electron chi connectivity index (χ3n) is 4.66. The molecule has 0 saturated carbocycles. The van der Waals surface area contributed by atoms with Gasteiger partial charge in [-0.3, -0.25) is 0 Å². The lowest BCUT2D eigenvalue weighted by Gasteiger charge is -2.38. The van der Waals surface area contributed by atoms with E-state index in [-0.39, 0.29) is 5.41 Å². The number of aryl methyl sites for hydroxylation is 1. The molecule has 21 heavy (non-hydrogen) atoms. The lowest BCUT2D eigenvalue weighted by Crippen LogP contribution is -2.29. The Morgan fingerprint density at radius 3 is 2.62 bits per heavy atom. The molecule has 0 radical (unpaired) electrons. The molecule has 1 aliphatic carbocycles.